The number of carbonyl (C=O) groups is 1. The van der Waals surface area contributed by atoms with E-state index in [1.807, 2.05) is 0 Å². The van der Waals surface area contributed by atoms with E-state index in [0.29, 0.717) is 17.9 Å². The first kappa shape index (κ1) is 23.1. The molecule has 24 heavy (non-hydrogen) atoms. The van der Waals surface area contributed by atoms with Crippen LogP contribution in [0.15, 0.2) is 24.3 Å². The van der Waals surface area contributed by atoms with E-state index in [-0.39, 0.29) is 37.2 Å². The highest BCUT2D eigenvalue weighted by atomic mass is 35.5. The summed E-state index contributed by atoms with van der Waals surface area (Å²) in [4.78, 5) is 15.9. The lowest BCUT2D eigenvalue weighted by atomic mass is 10.1. The summed E-state index contributed by atoms with van der Waals surface area (Å²) in [7, 11) is 0. The third-order valence-corrected chi connectivity index (χ3v) is 4.08. The number of ketones is 1. The third kappa shape index (κ3) is 7.36. The number of aliphatic hydroxyl groups is 1. The fourth-order valence-electron chi connectivity index (χ4n) is 2.62. The van der Waals surface area contributed by atoms with Crippen molar-refractivity contribution in [1.29, 1.82) is 0 Å². The molecule has 0 bridgehead atoms. The zero-order valence-electron chi connectivity index (χ0n) is 14.3. The number of benzene rings is 1. The Morgan fingerprint density at radius 3 is 2.17 bits per heavy atom. The molecule has 138 valence electrons. The van der Waals surface area contributed by atoms with Crippen LogP contribution in [-0.2, 0) is 0 Å². The van der Waals surface area contributed by atoms with Crippen molar-refractivity contribution >= 4 is 30.6 Å². The first-order chi connectivity index (χ1) is 10.6. The lowest BCUT2D eigenvalue weighted by Crippen LogP contribution is -2.49. The topological polar surface area (TPSA) is 53.0 Å². The number of hydrogen-bond acceptors (Lipinski definition) is 5. The van der Waals surface area contributed by atoms with Crippen molar-refractivity contribution in [1.82, 2.24) is 9.80 Å². The molecule has 1 unspecified atom stereocenters. The van der Waals surface area contributed by atoms with E-state index >= 15 is 0 Å². The first-order valence-electron chi connectivity index (χ1n) is 7.95. The second kappa shape index (κ2) is 11.7. The van der Waals surface area contributed by atoms with Crippen LogP contribution < -0.4 is 4.74 Å². The van der Waals surface area contributed by atoms with Gasteiger partial charge in [0.1, 0.15) is 18.5 Å². The van der Waals surface area contributed by atoms with Gasteiger partial charge in [0.15, 0.2) is 5.78 Å². The van der Waals surface area contributed by atoms with Gasteiger partial charge in [0.2, 0.25) is 0 Å². The highest BCUT2D eigenvalue weighted by molar-refractivity contribution is 5.94. The van der Waals surface area contributed by atoms with Crippen molar-refractivity contribution in [3.8, 4) is 5.75 Å². The number of β-amino-alcohol motifs (C(OH)–C–C–N with tert-alkyl or cyclic N) is 1. The predicted molar refractivity (Wildman–Crippen MR) is 101 cm³/mol. The Balaban J connectivity index is 0.00000264. The molecule has 0 spiro atoms. The van der Waals surface area contributed by atoms with E-state index in [0.717, 1.165) is 32.7 Å². The standard InChI is InChI=1S/C17H26N2O3.2ClH/c1-3-18-8-10-19(11-9-18)12-16(21)13-22-17-6-4-15(5-7-17)14(2)20;;/h4-7,16,21H,3,8-13H2,1-2H3;2*1H. The fourth-order valence-corrected chi connectivity index (χ4v) is 2.62. The lowest BCUT2D eigenvalue weighted by Gasteiger charge is -2.34. The predicted octanol–water partition coefficient (Wildman–Crippen LogP) is 2.11. The van der Waals surface area contributed by atoms with Crippen LogP contribution in [0.1, 0.15) is 24.2 Å². The van der Waals surface area contributed by atoms with Crippen LogP contribution in [0.2, 0.25) is 0 Å². The minimum Gasteiger partial charge on any atom is -0.491 e. The molecule has 1 atom stereocenters. The van der Waals surface area contributed by atoms with E-state index in [4.69, 9.17) is 4.74 Å². The van der Waals surface area contributed by atoms with Crippen LogP contribution in [0, 0.1) is 0 Å². The number of likely N-dealkylation sites (N-methyl/N-ethyl adjacent to an activating group) is 1. The summed E-state index contributed by atoms with van der Waals surface area (Å²) in [5.74, 6) is 0.720. The average molecular weight is 379 g/mol. The molecule has 0 amide bonds. The van der Waals surface area contributed by atoms with Gasteiger partial charge in [0.25, 0.3) is 0 Å². The van der Waals surface area contributed by atoms with Crippen molar-refractivity contribution < 1.29 is 14.6 Å². The lowest BCUT2D eigenvalue weighted by molar-refractivity contribution is 0.0471. The van der Waals surface area contributed by atoms with E-state index in [9.17, 15) is 9.90 Å². The molecule has 0 aromatic heterocycles. The Morgan fingerprint density at radius 2 is 1.67 bits per heavy atom. The SMILES string of the molecule is CCN1CCN(CC(O)COc2ccc(C(C)=O)cc2)CC1.Cl.Cl. The molecule has 0 saturated carbocycles. The zero-order valence-corrected chi connectivity index (χ0v) is 15.9. The molecule has 1 fully saturated rings. The second-order valence-corrected chi connectivity index (χ2v) is 5.78. The number of aliphatic hydroxyl groups excluding tert-OH is 1. The van der Waals surface area contributed by atoms with Crippen molar-refractivity contribution in [3.05, 3.63) is 29.8 Å². The monoisotopic (exact) mass is 378 g/mol. The van der Waals surface area contributed by atoms with Gasteiger partial charge < -0.3 is 14.7 Å². The minimum atomic E-state index is -0.499. The van der Waals surface area contributed by atoms with Crippen molar-refractivity contribution in [2.75, 3.05) is 45.9 Å². The molecular weight excluding hydrogens is 351 g/mol. The van der Waals surface area contributed by atoms with Crippen LogP contribution in [-0.4, -0.2) is 72.7 Å². The van der Waals surface area contributed by atoms with E-state index in [1.54, 1.807) is 24.3 Å². The number of rotatable bonds is 7. The minimum absolute atomic E-state index is 0. The number of piperazine rings is 1. The zero-order chi connectivity index (χ0) is 15.9. The Labute approximate surface area is 156 Å². The van der Waals surface area contributed by atoms with Gasteiger partial charge in [0, 0.05) is 38.3 Å². The summed E-state index contributed by atoms with van der Waals surface area (Å²) < 4.78 is 5.59. The van der Waals surface area contributed by atoms with Crippen LogP contribution in [0.5, 0.6) is 5.75 Å². The summed E-state index contributed by atoms with van der Waals surface area (Å²) >= 11 is 0. The molecule has 1 aromatic rings. The maximum Gasteiger partial charge on any atom is 0.159 e. The van der Waals surface area contributed by atoms with Crippen molar-refractivity contribution in [2.45, 2.75) is 20.0 Å². The average Bonchev–Trinajstić information content (AvgIpc) is 2.54. The van der Waals surface area contributed by atoms with Crippen molar-refractivity contribution in [2.24, 2.45) is 0 Å². The summed E-state index contributed by atoms with van der Waals surface area (Å²) in [6.07, 6.45) is -0.499. The maximum absolute atomic E-state index is 11.2. The maximum atomic E-state index is 11.2. The molecule has 1 heterocycles. The molecule has 1 saturated heterocycles. The molecule has 5 nitrogen and oxygen atoms in total. The third-order valence-electron chi connectivity index (χ3n) is 4.08. The Hall–Kier alpha value is -0.850. The van der Waals surface area contributed by atoms with Gasteiger partial charge in [-0.05, 0) is 37.7 Å². The van der Waals surface area contributed by atoms with Gasteiger partial charge in [-0.15, -0.1) is 24.8 Å². The Kier molecular flexibility index (Phi) is 11.2. The molecule has 7 heteroatoms. The Morgan fingerprint density at radius 1 is 1.12 bits per heavy atom. The van der Waals surface area contributed by atoms with Crippen LogP contribution in [0.3, 0.4) is 0 Å². The molecule has 0 radical (unpaired) electrons. The Bertz CT molecular complexity index is 477. The van der Waals surface area contributed by atoms with Crippen LogP contribution >= 0.6 is 24.8 Å². The van der Waals surface area contributed by atoms with Gasteiger partial charge in [0.05, 0.1) is 0 Å². The van der Waals surface area contributed by atoms with Crippen molar-refractivity contribution in [3.63, 3.8) is 0 Å². The fraction of sp³-hybridized carbons (Fsp3) is 0.588. The van der Waals surface area contributed by atoms with Crippen LogP contribution in [0.25, 0.3) is 0 Å². The molecule has 1 aromatic carbocycles. The molecular formula is C17H28Cl2N2O3. The summed E-state index contributed by atoms with van der Waals surface area (Å²) in [5.41, 5.74) is 0.668. The molecule has 1 aliphatic rings. The first-order valence-corrected chi connectivity index (χ1v) is 7.95. The number of nitrogens with zero attached hydrogens (tertiary/aromatic N) is 2. The van der Waals surface area contributed by atoms with Gasteiger partial charge in [-0.3, -0.25) is 9.69 Å². The van der Waals surface area contributed by atoms with E-state index in [2.05, 4.69) is 16.7 Å². The smallest absolute Gasteiger partial charge is 0.159 e. The molecule has 1 N–H and O–H groups in total. The normalized spacial score (nSPS) is 16.6. The second-order valence-electron chi connectivity index (χ2n) is 5.78. The number of halogens is 2. The summed E-state index contributed by atoms with van der Waals surface area (Å²) in [6, 6.07) is 7.02. The molecule has 1 aliphatic heterocycles. The highest BCUT2D eigenvalue weighted by Crippen LogP contribution is 2.13. The number of carbonyl (C=O) groups excluding carboxylic acids is 1. The van der Waals surface area contributed by atoms with E-state index in [1.165, 1.54) is 6.92 Å². The van der Waals surface area contributed by atoms with Gasteiger partial charge in [-0.2, -0.15) is 0 Å². The van der Waals surface area contributed by atoms with E-state index < -0.39 is 6.10 Å². The largest absolute Gasteiger partial charge is 0.491 e. The number of hydrogen-bond donors (Lipinski definition) is 1. The quantitative estimate of drug-likeness (QED) is 0.736. The van der Waals surface area contributed by atoms with Gasteiger partial charge >= 0.3 is 0 Å². The molecule has 2 rings (SSSR count). The summed E-state index contributed by atoms with van der Waals surface area (Å²) in [6.45, 7) is 9.85. The number of ether oxygens (including phenoxy) is 1. The highest BCUT2D eigenvalue weighted by Gasteiger charge is 2.18. The molecule has 0 aliphatic carbocycles. The number of Topliss-reactive ketones (excluding diaryl/α,β-unsaturated/α-hetero) is 1. The van der Waals surface area contributed by atoms with Gasteiger partial charge in [-0.1, -0.05) is 6.92 Å². The summed E-state index contributed by atoms with van der Waals surface area (Å²) in [5, 5.41) is 10.1. The van der Waals surface area contributed by atoms with Gasteiger partial charge in [-0.25, -0.2) is 0 Å². The van der Waals surface area contributed by atoms with Crippen LogP contribution in [0.4, 0.5) is 0 Å².